The number of imidazole rings is 1. The first kappa shape index (κ1) is 24.4. The number of nitrogens with one attached hydrogen (secondary N) is 2. The second-order valence-corrected chi connectivity index (χ2v) is 8.17. The molecule has 26 heavy (non-hydrogen) atoms. The molecular weight excluding hydrogens is 416 g/mol. The Morgan fingerprint density at radius 3 is 1.88 bits per heavy atom. The van der Waals surface area contributed by atoms with Crippen LogP contribution in [0, 0.1) is 0 Å². The van der Waals surface area contributed by atoms with Crippen LogP contribution in [-0.4, -0.2) is 37.8 Å². The van der Waals surface area contributed by atoms with Crippen molar-refractivity contribution in [2.45, 2.75) is 37.2 Å². The third-order valence-corrected chi connectivity index (χ3v) is 5.43. The standard InChI is InChI=1S/C9H14N2.C2HF6NO4S2/c1-3-5-6-8-7-10-9(4-2)11-8;3-1(4,5)14(10,11)9-15(12,13)2(6,7)8/h4,7H,2-3,5-6H2,1H3,(H,10,11);9H. The van der Waals surface area contributed by atoms with Gasteiger partial charge in [0.1, 0.15) is 5.82 Å². The lowest BCUT2D eigenvalue weighted by atomic mass is 10.2. The van der Waals surface area contributed by atoms with Crippen molar-refractivity contribution in [3.8, 4) is 0 Å². The first-order chi connectivity index (χ1) is 11.6. The third-order valence-electron chi connectivity index (χ3n) is 2.46. The highest BCUT2D eigenvalue weighted by atomic mass is 32.3. The van der Waals surface area contributed by atoms with Crippen LogP contribution in [0.5, 0.6) is 0 Å². The first-order valence-corrected chi connectivity index (χ1v) is 9.62. The van der Waals surface area contributed by atoms with E-state index in [2.05, 4.69) is 23.5 Å². The number of sulfonamides is 2. The monoisotopic (exact) mass is 431 g/mol. The van der Waals surface area contributed by atoms with Gasteiger partial charge in [-0.05, 0) is 18.9 Å². The molecule has 2 N–H and O–H groups in total. The maximum Gasteiger partial charge on any atom is 0.512 e. The van der Waals surface area contributed by atoms with Gasteiger partial charge in [-0.1, -0.05) is 24.1 Å². The van der Waals surface area contributed by atoms with E-state index in [1.54, 1.807) is 6.08 Å². The van der Waals surface area contributed by atoms with Crippen molar-refractivity contribution in [3.63, 3.8) is 0 Å². The quantitative estimate of drug-likeness (QED) is 0.674. The average molecular weight is 431 g/mol. The molecule has 0 aliphatic carbocycles. The summed E-state index contributed by atoms with van der Waals surface area (Å²) in [6.07, 6.45) is 7.18. The fraction of sp³-hybridized carbons (Fsp3) is 0.545. The van der Waals surface area contributed by atoms with E-state index >= 15 is 0 Å². The number of H-pyrrole nitrogens is 1. The van der Waals surface area contributed by atoms with Gasteiger partial charge < -0.3 is 4.98 Å². The van der Waals surface area contributed by atoms with Gasteiger partial charge in [0.2, 0.25) is 0 Å². The number of hydrogen-bond acceptors (Lipinski definition) is 5. The van der Waals surface area contributed by atoms with Crippen LogP contribution >= 0.6 is 0 Å². The fourth-order valence-corrected chi connectivity index (χ4v) is 3.12. The number of hydrogen-bond donors (Lipinski definition) is 2. The van der Waals surface area contributed by atoms with Crippen LogP contribution in [0.2, 0.25) is 0 Å². The summed E-state index contributed by atoms with van der Waals surface area (Å²) in [6.45, 7) is 5.81. The first-order valence-electron chi connectivity index (χ1n) is 6.65. The summed E-state index contributed by atoms with van der Waals surface area (Å²) in [4.78, 5) is 7.33. The van der Waals surface area contributed by atoms with Gasteiger partial charge in [-0.2, -0.15) is 26.3 Å². The Balaban J connectivity index is 0.000000502. The summed E-state index contributed by atoms with van der Waals surface area (Å²) in [5.74, 6) is 0.871. The summed E-state index contributed by atoms with van der Waals surface area (Å²) in [6, 6.07) is 0. The van der Waals surface area contributed by atoms with Crippen LogP contribution in [0.15, 0.2) is 12.8 Å². The molecule has 0 amide bonds. The van der Waals surface area contributed by atoms with Crippen LogP contribution in [0.25, 0.3) is 6.08 Å². The van der Waals surface area contributed by atoms with Gasteiger partial charge >= 0.3 is 31.1 Å². The number of rotatable bonds is 6. The van der Waals surface area contributed by atoms with Crippen molar-refractivity contribution in [3.05, 3.63) is 24.3 Å². The minimum atomic E-state index is -6.60. The highest BCUT2D eigenvalue weighted by molar-refractivity contribution is 8.05. The van der Waals surface area contributed by atoms with E-state index < -0.39 is 35.2 Å². The number of halogens is 6. The van der Waals surface area contributed by atoms with E-state index in [-0.39, 0.29) is 0 Å². The Hall–Kier alpha value is -1.61. The zero-order valence-electron chi connectivity index (χ0n) is 13.1. The molecule has 0 radical (unpaired) electrons. The molecule has 1 aromatic heterocycles. The number of aryl methyl sites for hydroxylation is 1. The van der Waals surface area contributed by atoms with Crippen molar-refractivity contribution in [2.24, 2.45) is 0 Å². The Morgan fingerprint density at radius 1 is 1.12 bits per heavy atom. The van der Waals surface area contributed by atoms with E-state index in [9.17, 15) is 43.2 Å². The van der Waals surface area contributed by atoms with Gasteiger partial charge in [0.15, 0.2) is 0 Å². The molecule has 1 heterocycles. The van der Waals surface area contributed by atoms with Crippen LogP contribution in [0.1, 0.15) is 31.3 Å². The van der Waals surface area contributed by atoms with E-state index in [1.807, 2.05) is 6.20 Å². The highest BCUT2D eigenvalue weighted by Crippen LogP contribution is 2.27. The number of nitrogens with zero attached hydrogens (tertiary/aromatic N) is 1. The van der Waals surface area contributed by atoms with Crippen molar-refractivity contribution in [1.82, 2.24) is 14.1 Å². The summed E-state index contributed by atoms with van der Waals surface area (Å²) in [5.41, 5.74) is -11.2. The lowest BCUT2D eigenvalue weighted by Crippen LogP contribution is -2.45. The molecule has 1 aromatic rings. The minimum Gasteiger partial charge on any atom is -0.345 e. The Labute approximate surface area is 145 Å². The summed E-state index contributed by atoms with van der Waals surface area (Å²) < 4.78 is 108. The fourth-order valence-electron chi connectivity index (χ4n) is 1.21. The average Bonchev–Trinajstić information content (AvgIpc) is 2.90. The topological polar surface area (TPSA) is 109 Å². The molecule has 0 spiro atoms. The van der Waals surface area contributed by atoms with Gasteiger partial charge in [-0.25, -0.2) is 21.8 Å². The highest BCUT2D eigenvalue weighted by Gasteiger charge is 2.55. The van der Waals surface area contributed by atoms with Crippen molar-refractivity contribution in [1.29, 1.82) is 0 Å². The number of alkyl halides is 6. The molecule has 0 atom stereocenters. The van der Waals surface area contributed by atoms with Gasteiger partial charge in [-0.15, -0.1) is 0 Å². The predicted octanol–water partition coefficient (Wildman–Crippen LogP) is 2.67. The molecule has 152 valence electrons. The van der Waals surface area contributed by atoms with Crippen molar-refractivity contribution in [2.75, 3.05) is 0 Å². The lowest BCUT2D eigenvalue weighted by Gasteiger charge is -2.11. The van der Waals surface area contributed by atoms with Gasteiger partial charge in [-0.3, -0.25) is 0 Å². The largest absolute Gasteiger partial charge is 0.512 e. The van der Waals surface area contributed by atoms with Crippen LogP contribution < -0.4 is 4.13 Å². The van der Waals surface area contributed by atoms with E-state index in [1.165, 1.54) is 12.8 Å². The number of unbranched alkanes of at least 4 members (excludes halogenated alkanes) is 1. The Kier molecular flexibility index (Phi) is 8.31. The van der Waals surface area contributed by atoms with E-state index in [0.29, 0.717) is 0 Å². The second kappa shape index (κ2) is 8.85. The van der Waals surface area contributed by atoms with E-state index in [4.69, 9.17) is 0 Å². The molecule has 0 aliphatic rings. The maximum absolute atomic E-state index is 11.5. The summed E-state index contributed by atoms with van der Waals surface area (Å²) in [7, 11) is -13.2. The van der Waals surface area contributed by atoms with Gasteiger partial charge in [0.25, 0.3) is 0 Å². The Bertz CT molecular complexity index is 755. The summed E-state index contributed by atoms with van der Waals surface area (Å²) >= 11 is 0. The van der Waals surface area contributed by atoms with Crippen LogP contribution in [-0.2, 0) is 26.5 Å². The third kappa shape index (κ3) is 7.33. The molecule has 7 nitrogen and oxygen atoms in total. The molecular formula is C11H15F6N3O4S2. The smallest absolute Gasteiger partial charge is 0.345 e. The molecule has 0 bridgehead atoms. The molecule has 0 unspecified atom stereocenters. The van der Waals surface area contributed by atoms with Crippen LogP contribution in [0.3, 0.4) is 0 Å². The molecule has 0 saturated carbocycles. The molecule has 0 fully saturated rings. The number of aromatic amines is 1. The lowest BCUT2D eigenvalue weighted by molar-refractivity contribution is -0.0476. The number of aromatic nitrogens is 2. The molecule has 15 heteroatoms. The maximum atomic E-state index is 11.5. The molecule has 1 rings (SSSR count). The van der Waals surface area contributed by atoms with Gasteiger partial charge in [0, 0.05) is 6.20 Å². The summed E-state index contributed by atoms with van der Waals surface area (Å²) in [5, 5.41) is 0. The van der Waals surface area contributed by atoms with Crippen molar-refractivity contribution >= 4 is 26.1 Å². The van der Waals surface area contributed by atoms with Crippen molar-refractivity contribution < 1.29 is 43.2 Å². The zero-order valence-corrected chi connectivity index (χ0v) is 14.8. The molecule has 0 aliphatic heterocycles. The zero-order chi connectivity index (χ0) is 20.8. The van der Waals surface area contributed by atoms with Crippen LogP contribution in [0.4, 0.5) is 26.3 Å². The second-order valence-electron chi connectivity index (χ2n) is 4.57. The van der Waals surface area contributed by atoms with E-state index in [0.717, 1.165) is 17.9 Å². The normalized spacial score (nSPS) is 13.0. The van der Waals surface area contributed by atoms with Gasteiger partial charge in [0.05, 0.1) is 5.69 Å². The molecule has 0 aromatic carbocycles. The molecule has 0 saturated heterocycles. The Morgan fingerprint density at radius 2 is 1.58 bits per heavy atom. The predicted molar refractivity (Wildman–Crippen MR) is 80.4 cm³/mol. The SMILES string of the molecule is C=Cc1nc(CCCC)c[nH]1.O=S(=O)(NS(=O)(=O)C(F)(F)F)C(F)(F)F. The minimum absolute atomic E-state index is 0.493.